The molecule has 5 nitrogen and oxygen atoms in total. The Morgan fingerprint density at radius 2 is 2.00 bits per heavy atom. The Morgan fingerprint density at radius 3 is 2.81 bits per heavy atom. The summed E-state index contributed by atoms with van der Waals surface area (Å²) in [6.07, 6.45) is 2.17. The molecule has 2 aromatic carbocycles. The molecule has 3 rings (SSSR count). The molecule has 1 amide bonds. The highest BCUT2D eigenvalue weighted by molar-refractivity contribution is 5.82. The van der Waals surface area contributed by atoms with Crippen LogP contribution in [0, 0.1) is 6.92 Å². The van der Waals surface area contributed by atoms with Crippen LogP contribution in [0.15, 0.2) is 48.5 Å². The van der Waals surface area contributed by atoms with Crippen molar-refractivity contribution in [2.75, 3.05) is 6.61 Å². The van der Waals surface area contributed by atoms with Crippen molar-refractivity contribution in [2.24, 2.45) is 0 Å². The van der Waals surface area contributed by atoms with Crippen LogP contribution in [0.1, 0.15) is 42.5 Å². The van der Waals surface area contributed by atoms with Gasteiger partial charge in [-0.2, -0.15) is 0 Å². The lowest BCUT2D eigenvalue weighted by atomic mass is 9.88. The van der Waals surface area contributed by atoms with E-state index in [9.17, 15) is 9.59 Å². The van der Waals surface area contributed by atoms with Crippen LogP contribution in [0.3, 0.4) is 0 Å². The van der Waals surface area contributed by atoms with Crippen LogP contribution in [0.2, 0.25) is 0 Å². The van der Waals surface area contributed by atoms with Crippen molar-refractivity contribution in [1.82, 2.24) is 5.32 Å². The van der Waals surface area contributed by atoms with Gasteiger partial charge in [-0.1, -0.05) is 36.4 Å². The zero-order valence-corrected chi connectivity index (χ0v) is 15.7. The maximum Gasteiger partial charge on any atom is 0.347 e. The van der Waals surface area contributed by atoms with Crippen molar-refractivity contribution in [2.45, 2.75) is 45.3 Å². The number of carbonyl (C=O) groups is 2. The van der Waals surface area contributed by atoms with E-state index in [0.717, 1.165) is 30.4 Å². The van der Waals surface area contributed by atoms with Crippen molar-refractivity contribution < 1.29 is 19.1 Å². The Morgan fingerprint density at radius 1 is 1.19 bits per heavy atom. The molecular weight excluding hydrogens is 342 g/mol. The van der Waals surface area contributed by atoms with E-state index in [2.05, 4.69) is 11.4 Å². The predicted molar refractivity (Wildman–Crippen MR) is 102 cm³/mol. The molecule has 0 aliphatic heterocycles. The zero-order valence-electron chi connectivity index (χ0n) is 15.7. The lowest BCUT2D eigenvalue weighted by molar-refractivity contribution is -0.154. The van der Waals surface area contributed by atoms with Crippen molar-refractivity contribution in [3.8, 4) is 5.75 Å². The van der Waals surface area contributed by atoms with Crippen molar-refractivity contribution in [1.29, 1.82) is 0 Å². The molecule has 0 aromatic heterocycles. The van der Waals surface area contributed by atoms with Gasteiger partial charge in [0.25, 0.3) is 5.91 Å². The fourth-order valence-electron chi connectivity index (χ4n) is 3.33. The number of aryl methyl sites for hydroxylation is 2. The summed E-state index contributed by atoms with van der Waals surface area (Å²) >= 11 is 0. The van der Waals surface area contributed by atoms with Gasteiger partial charge in [0, 0.05) is 0 Å². The van der Waals surface area contributed by atoms with Crippen LogP contribution >= 0.6 is 0 Å². The highest BCUT2D eigenvalue weighted by atomic mass is 16.6. The third-order valence-corrected chi connectivity index (χ3v) is 4.68. The van der Waals surface area contributed by atoms with Crippen LogP contribution in [-0.4, -0.2) is 24.6 Å². The van der Waals surface area contributed by atoms with E-state index in [1.54, 1.807) is 13.0 Å². The Labute approximate surface area is 159 Å². The molecule has 1 aliphatic carbocycles. The molecule has 0 spiro atoms. The number of fused-ring (bicyclic) bond motifs is 1. The topological polar surface area (TPSA) is 64.6 Å². The monoisotopic (exact) mass is 367 g/mol. The Kier molecular flexibility index (Phi) is 6.12. The molecule has 0 heterocycles. The number of hydrogen-bond acceptors (Lipinski definition) is 4. The zero-order chi connectivity index (χ0) is 19.2. The van der Waals surface area contributed by atoms with Gasteiger partial charge in [0.2, 0.25) is 0 Å². The summed E-state index contributed by atoms with van der Waals surface area (Å²) < 4.78 is 10.7. The summed E-state index contributed by atoms with van der Waals surface area (Å²) in [5.74, 6) is -0.258. The smallest absolute Gasteiger partial charge is 0.347 e. The van der Waals surface area contributed by atoms with Gasteiger partial charge in [-0.15, -0.1) is 0 Å². The Hall–Kier alpha value is -2.82. The normalized spacial score (nSPS) is 16.7. The molecule has 0 saturated heterocycles. The minimum Gasteiger partial charge on any atom is -0.479 e. The summed E-state index contributed by atoms with van der Waals surface area (Å²) in [7, 11) is 0. The van der Waals surface area contributed by atoms with Crippen LogP contribution < -0.4 is 10.1 Å². The van der Waals surface area contributed by atoms with Crippen LogP contribution in [0.5, 0.6) is 5.75 Å². The van der Waals surface area contributed by atoms with Crippen molar-refractivity contribution in [3.63, 3.8) is 0 Å². The lowest BCUT2D eigenvalue weighted by Crippen LogP contribution is -2.36. The number of esters is 1. The number of carbonyl (C=O) groups excluding carboxylic acids is 2. The number of hydrogen-bond donors (Lipinski definition) is 1. The van der Waals surface area contributed by atoms with Crippen molar-refractivity contribution >= 4 is 11.9 Å². The van der Waals surface area contributed by atoms with E-state index in [-0.39, 0.29) is 18.6 Å². The average molecular weight is 367 g/mol. The second-order valence-electron chi connectivity index (χ2n) is 6.90. The molecule has 0 unspecified atom stereocenters. The number of ether oxygens (including phenoxy) is 2. The molecule has 0 bridgehead atoms. The molecule has 0 saturated carbocycles. The van der Waals surface area contributed by atoms with E-state index in [0.29, 0.717) is 5.75 Å². The number of nitrogens with one attached hydrogen (secondary N) is 1. The van der Waals surface area contributed by atoms with Gasteiger partial charge in [0.05, 0.1) is 6.04 Å². The van der Waals surface area contributed by atoms with Gasteiger partial charge in [-0.3, -0.25) is 4.79 Å². The summed E-state index contributed by atoms with van der Waals surface area (Å²) in [6, 6.07) is 15.5. The van der Waals surface area contributed by atoms with Crippen molar-refractivity contribution in [3.05, 3.63) is 65.2 Å². The Balaban J connectivity index is 1.48. The molecule has 1 N–H and O–H groups in total. The molecule has 142 valence electrons. The lowest BCUT2D eigenvalue weighted by Gasteiger charge is -2.26. The largest absolute Gasteiger partial charge is 0.479 e. The number of rotatable bonds is 6. The maximum atomic E-state index is 12.2. The molecule has 0 radical (unpaired) electrons. The van der Waals surface area contributed by atoms with Gasteiger partial charge in [-0.05, 0) is 61.9 Å². The average Bonchev–Trinajstić information content (AvgIpc) is 2.66. The van der Waals surface area contributed by atoms with Gasteiger partial charge in [0.1, 0.15) is 5.75 Å². The third kappa shape index (κ3) is 5.09. The van der Waals surface area contributed by atoms with Gasteiger partial charge in [0.15, 0.2) is 12.7 Å². The fourth-order valence-corrected chi connectivity index (χ4v) is 3.33. The summed E-state index contributed by atoms with van der Waals surface area (Å²) in [4.78, 5) is 24.3. The predicted octanol–water partition coefficient (Wildman–Crippen LogP) is 3.50. The van der Waals surface area contributed by atoms with E-state index in [4.69, 9.17) is 9.47 Å². The van der Waals surface area contributed by atoms with Crippen LogP contribution in [-0.2, 0) is 20.7 Å². The quantitative estimate of drug-likeness (QED) is 0.794. The van der Waals surface area contributed by atoms with Gasteiger partial charge in [-0.25, -0.2) is 4.79 Å². The highest BCUT2D eigenvalue weighted by Gasteiger charge is 2.23. The molecule has 0 fully saturated rings. The van der Waals surface area contributed by atoms with E-state index in [1.807, 2.05) is 43.3 Å². The molecule has 2 aromatic rings. The summed E-state index contributed by atoms with van der Waals surface area (Å²) in [6.45, 7) is 3.25. The summed E-state index contributed by atoms with van der Waals surface area (Å²) in [5, 5.41) is 2.97. The fraction of sp³-hybridized carbons (Fsp3) is 0.364. The first-order chi connectivity index (χ1) is 13.0. The second-order valence-corrected chi connectivity index (χ2v) is 6.90. The second kappa shape index (κ2) is 8.71. The maximum absolute atomic E-state index is 12.2. The Bertz CT molecular complexity index is 817. The van der Waals surface area contributed by atoms with Crippen LogP contribution in [0.25, 0.3) is 0 Å². The molecule has 27 heavy (non-hydrogen) atoms. The van der Waals surface area contributed by atoms with Gasteiger partial charge < -0.3 is 14.8 Å². The van der Waals surface area contributed by atoms with Crippen LogP contribution in [0.4, 0.5) is 0 Å². The van der Waals surface area contributed by atoms with E-state index < -0.39 is 12.1 Å². The molecular formula is C22H25NO4. The van der Waals surface area contributed by atoms with Gasteiger partial charge >= 0.3 is 5.97 Å². The molecule has 5 heteroatoms. The summed E-state index contributed by atoms with van der Waals surface area (Å²) in [5.41, 5.74) is 3.46. The third-order valence-electron chi connectivity index (χ3n) is 4.68. The number of amides is 1. The van der Waals surface area contributed by atoms with E-state index >= 15 is 0 Å². The first-order valence-corrected chi connectivity index (χ1v) is 9.30. The highest BCUT2D eigenvalue weighted by Crippen LogP contribution is 2.29. The first kappa shape index (κ1) is 19.0. The molecule has 1 aliphatic rings. The minimum atomic E-state index is -0.782. The number of benzene rings is 2. The first-order valence-electron chi connectivity index (χ1n) is 9.30. The minimum absolute atomic E-state index is 0.0258. The van der Waals surface area contributed by atoms with E-state index in [1.165, 1.54) is 5.56 Å². The molecule has 2 atom stereocenters. The SMILES string of the molecule is Cc1cccc(O[C@H](C)C(=O)OCC(=O)N[C@@H]2CCCc3ccccc32)c1. The standard InChI is InChI=1S/C22H25NO4/c1-15-7-5-10-18(13-15)27-16(2)22(25)26-14-21(24)23-20-12-6-9-17-8-3-4-11-19(17)20/h3-5,7-8,10-11,13,16,20H,6,9,12,14H2,1-2H3,(H,23,24)/t16-,20-/m1/s1.